The molecule has 1 aromatic rings. The van der Waals surface area contributed by atoms with Gasteiger partial charge in [-0.15, -0.1) is 0 Å². The molecule has 0 bridgehead atoms. The lowest BCUT2D eigenvalue weighted by Gasteiger charge is -2.34. The van der Waals surface area contributed by atoms with E-state index in [-0.39, 0.29) is 0 Å². The van der Waals surface area contributed by atoms with Crippen LogP contribution in [0.3, 0.4) is 0 Å². The van der Waals surface area contributed by atoms with Crippen molar-refractivity contribution in [1.82, 2.24) is 4.90 Å². The molecule has 4 nitrogen and oxygen atoms in total. The second-order valence-electron chi connectivity index (χ2n) is 5.81. The van der Waals surface area contributed by atoms with Gasteiger partial charge in [0.2, 0.25) is 0 Å². The van der Waals surface area contributed by atoms with E-state index >= 15 is 0 Å². The maximum atomic E-state index is 11.4. The number of rotatable bonds is 4. The third-order valence-electron chi connectivity index (χ3n) is 4.06. The Morgan fingerprint density at radius 3 is 2.65 bits per heavy atom. The lowest BCUT2D eigenvalue weighted by atomic mass is 9.94. The molecule has 1 aliphatic rings. The highest BCUT2D eigenvalue weighted by Crippen LogP contribution is 2.25. The Hall–Kier alpha value is -1.39. The molecule has 1 aromatic carbocycles. The minimum Gasteiger partial charge on any atom is -0.480 e. The molecule has 0 saturated carbocycles. The van der Waals surface area contributed by atoms with Crippen molar-refractivity contribution in [1.29, 1.82) is 0 Å². The van der Waals surface area contributed by atoms with Gasteiger partial charge in [-0.25, -0.2) is 0 Å². The molecule has 1 fully saturated rings. The van der Waals surface area contributed by atoms with Gasteiger partial charge >= 0.3 is 5.97 Å². The van der Waals surface area contributed by atoms with Crippen molar-refractivity contribution in [3.05, 3.63) is 35.9 Å². The van der Waals surface area contributed by atoms with E-state index in [0.717, 1.165) is 31.4 Å². The van der Waals surface area contributed by atoms with Gasteiger partial charge in [-0.1, -0.05) is 43.2 Å². The molecule has 2 N–H and O–H groups in total. The molecule has 2 atom stereocenters. The molecular weight excluding hydrogens is 254 g/mol. The molecule has 110 valence electrons. The monoisotopic (exact) mass is 277 g/mol. The average molecular weight is 277 g/mol. The van der Waals surface area contributed by atoms with E-state index in [9.17, 15) is 15.0 Å². The Bertz CT molecular complexity index is 444. The highest BCUT2D eigenvalue weighted by molar-refractivity contribution is 5.73. The van der Waals surface area contributed by atoms with Gasteiger partial charge in [-0.05, 0) is 31.9 Å². The van der Waals surface area contributed by atoms with Crippen LogP contribution in [0.15, 0.2) is 30.3 Å². The summed E-state index contributed by atoms with van der Waals surface area (Å²) in [6, 6.07) is 8.97. The van der Waals surface area contributed by atoms with E-state index in [2.05, 4.69) is 0 Å². The third kappa shape index (κ3) is 3.58. The molecule has 0 aliphatic carbocycles. The van der Waals surface area contributed by atoms with Crippen LogP contribution in [-0.2, 0) is 10.4 Å². The summed E-state index contributed by atoms with van der Waals surface area (Å²) in [7, 11) is 0. The molecular formula is C16H23NO3. The first-order valence-corrected chi connectivity index (χ1v) is 7.25. The van der Waals surface area contributed by atoms with E-state index in [1.165, 1.54) is 0 Å². The summed E-state index contributed by atoms with van der Waals surface area (Å²) < 4.78 is 0. The van der Waals surface area contributed by atoms with Gasteiger partial charge in [0, 0.05) is 6.54 Å². The lowest BCUT2D eigenvalue weighted by Crippen LogP contribution is -2.47. The first kappa shape index (κ1) is 15.0. The molecule has 0 amide bonds. The van der Waals surface area contributed by atoms with Gasteiger partial charge in [-0.2, -0.15) is 0 Å². The van der Waals surface area contributed by atoms with E-state index in [0.29, 0.717) is 13.0 Å². The van der Waals surface area contributed by atoms with Crippen LogP contribution in [0.2, 0.25) is 0 Å². The molecule has 0 radical (unpaired) electrons. The Morgan fingerprint density at radius 2 is 2.00 bits per heavy atom. The molecule has 0 spiro atoms. The maximum absolute atomic E-state index is 11.4. The maximum Gasteiger partial charge on any atom is 0.320 e. The number of likely N-dealkylation sites (tertiary alicyclic amines) is 1. The Labute approximate surface area is 120 Å². The first-order valence-electron chi connectivity index (χ1n) is 7.25. The van der Waals surface area contributed by atoms with Gasteiger partial charge < -0.3 is 10.2 Å². The van der Waals surface area contributed by atoms with Crippen LogP contribution in [0, 0.1) is 0 Å². The highest BCUT2D eigenvalue weighted by Gasteiger charge is 2.33. The molecule has 20 heavy (non-hydrogen) atoms. The van der Waals surface area contributed by atoms with Crippen LogP contribution >= 0.6 is 0 Å². The first-order chi connectivity index (χ1) is 9.50. The van der Waals surface area contributed by atoms with E-state index < -0.39 is 17.6 Å². The van der Waals surface area contributed by atoms with Gasteiger partial charge in [0.15, 0.2) is 0 Å². The standard InChI is InChI=1S/C16H23NO3/c1-16(20,13-8-4-2-5-9-13)12-17-11-7-3-6-10-14(17)15(18)19/h2,4-5,8-9,14,20H,3,6-7,10-12H2,1H3,(H,18,19). The summed E-state index contributed by atoms with van der Waals surface area (Å²) in [5.41, 5.74) is -0.201. The summed E-state index contributed by atoms with van der Waals surface area (Å²) in [6.45, 7) is 2.85. The van der Waals surface area contributed by atoms with Crippen molar-refractivity contribution in [2.24, 2.45) is 0 Å². The minimum atomic E-state index is -1.03. The number of aliphatic carboxylic acids is 1. The predicted octanol–water partition coefficient (Wildman–Crippen LogP) is 2.22. The largest absolute Gasteiger partial charge is 0.480 e. The van der Waals surface area contributed by atoms with Crippen molar-refractivity contribution in [2.75, 3.05) is 13.1 Å². The third-order valence-corrected chi connectivity index (χ3v) is 4.06. The summed E-state index contributed by atoms with van der Waals surface area (Å²) in [4.78, 5) is 13.3. The lowest BCUT2D eigenvalue weighted by molar-refractivity contribution is -0.144. The van der Waals surface area contributed by atoms with Gasteiger partial charge in [0.25, 0.3) is 0 Å². The summed E-state index contributed by atoms with van der Waals surface area (Å²) in [5.74, 6) is -0.782. The summed E-state index contributed by atoms with van der Waals surface area (Å²) in [6.07, 6.45) is 3.67. The SMILES string of the molecule is CC(O)(CN1CCCCCC1C(=O)O)c1ccccc1. The predicted molar refractivity (Wildman–Crippen MR) is 77.5 cm³/mol. The number of nitrogens with zero attached hydrogens (tertiary/aromatic N) is 1. The molecule has 4 heteroatoms. The topological polar surface area (TPSA) is 60.8 Å². The fourth-order valence-corrected chi connectivity index (χ4v) is 2.92. The summed E-state index contributed by atoms with van der Waals surface area (Å²) >= 11 is 0. The average Bonchev–Trinajstić information content (AvgIpc) is 2.65. The second-order valence-corrected chi connectivity index (χ2v) is 5.81. The van der Waals surface area contributed by atoms with E-state index in [1.54, 1.807) is 6.92 Å². The fraction of sp³-hybridized carbons (Fsp3) is 0.562. The highest BCUT2D eigenvalue weighted by atomic mass is 16.4. The van der Waals surface area contributed by atoms with Crippen molar-refractivity contribution >= 4 is 5.97 Å². The molecule has 1 saturated heterocycles. The van der Waals surface area contributed by atoms with E-state index in [4.69, 9.17) is 0 Å². The van der Waals surface area contributed by atoms with Crippen LogP contribution in [0.4, 0.5) is 0 Å². The Morgan fingerprint density at radius 1 is 1.30 bits per heavy atom. The van der Waals surface area contributed by atoms with Crippen molar-refractivity contribution in [3.8, 4) is 0 Å². The van der Waals surface area contributed by atoms with Crippen LogP contribution in [0.25, 0.3) is 0 Å². The quantitative estimate of drug-likeness (QED) is 0.886. The second kappa shape index (κ2) is 6.37. The Balaban J connectivity index is 2.15. The molecule has 1 aliphatic heterocycles. The normalized spacial score (nSPS) is 23.8. The van der Waals surface area contributed by atoms with E-state index in [1.807, 2.05) is 35.2 Å². The zero-order chi connectivity index (χ0) is 14.6. The molecule has 0 aromatic heterocycles. The number of aliphatic hydroxyl groups is 1. The number of carbonyl (C=O) groups is 1. The Kier molecular flexibility index (Phi) is 4.78. The van der Waals surface area contributed by atoms with Crippen LogP contribution in [-0.4, -0.2) is 40.2 Å². The van der Waals surface area contributed by atoms with Gasteiger partial charge in [-0.3, -0.25) is 9.69 Å². The molecule has 1 heterocycles. The van der Waals surface area contributed by atoms with Crippen LogP contribution in [0.5, 0.6) is 0 Å². The summed E-state index contributed by atoms with van der Waals surface area (Å²) in [5, 5.41) is 20.1. The van der Waals surface area contributed by atoms with Gasteiger partial charge in [0.1, 0.15) is 6.04 Å². The fourth-order valence-electron chi connectivity index (χ4n) is 2.92. The zero-order valence-corrected chi connectivity index (χ0v) is 12.0. The number of carboxylic acids is 1. The number of carboxylic acid groups (broad SMARTS) is 1. The number of hydrogen-bond acceptors (Lipinski definition) is 3. The van der Waals surface area contributed by atoms with Crippen molar-refractivity contribution < 1.29 is 15.0 Å². The zero-order valence-electron chi connectivity index (χ0n) is 12.0. The number of hydrogen-bond donors (Lipinski definition) is 2. The van der Waals surface area contributed by atoms with Crippen LogP contribution in [0.1, 0.15) is 38.2 Å². The van der Waals surface area contributed by atoms with Gasteiger partial charge in [0.05, 0.1) is 5.60 Å². The van der Waals surface area contributed by atoms with Crippen molar-refractivity contribution in [3.63, 3.8) is 0 Å². The minimum absolute atomic E-state index is 0.355. The number of β-amino-alcohol motifs (C(OH)–C–C–N with tert-alkyl or cyclic N) is 1. The van der Waals surface area contributed by atoms with Crippen LogP contribution < -0.4 is 0 Å². The smallest absolute Gasteiger partial charge is 0.320 e. The number of benzene rings is 1. The molecule has 2 rings (SSSR count). The van der Waals surface area contributed by atoms with Crippen molar-refractivity contribution in [2.45, 2.75) is 44.2 Å². The molecule has 2 unspecified atom stereocenters.